The van der Waals surface area contributed by atoms with Gasteiger partial charge in [0.1, 0.15) is 6.04 Å². The van der Waals surface area contributed by atoms with Crippen molar-refractivity contribution in [2.45, 2.75) is 24.6 Å². The lowest BCUT2D eigenvalue weighted by Gasteiger charge is -2.11. The molecule has 1 saturated heterocycles. The van der Waals surface area contributed by atoms with E-state index in [0.717, 1.165) is 12.1 Å². The van der Waals surface area contributed by atoms with Gasteiger partial charge in [0.05, 0.1) is 11.5 Å². The van der Waals surface area contributed by atoms with Crippen LogP contribution in [0.25, 0.3) is 0 Å². The van der Waals surface area contributed by atoms with E-state index in [0.29, 0.717) is 0 Å². The van der Waals surface area contributed by atoms with Crippen LogP contribution >= 0.6 is 0 Å². The number of aliphatic carboxylic acids is 1. The maximum absolute atomic E-state index is 12.6. The molecule has 1 aliphatic rings. The van der Waals surface area contributed by atoms with Gasteiger partial charge in [0, 0.05) is 0 Å². The van der Waals surface area contributed by atoms with E-state index < -0.39 is 35.6 Å². The van der Waals surface area contributed by atoms with E-state index in [-0.39, 0.29) is 12.0 Å². The van der Waals surface area contributed by atoms with Crippen LogP contribution in [0.1, 0.15) is 23.5 Å². The van der Waals surface area contributed by atoms with Crippen LogP contribution in [0.15, 0.2) is 24.3 Å². The monoisotopic (exact) mass is 273 g/mol. The third-order valence-corrected chi connectivity index (χ3v) is 3.02. The molecule has 102 valence electrons. The van der Waals surface area contributed by atoms with E-state index in [2.05, 4.69) is 5.32 Å². The first kappa shape index (κ1) is 13.4. The van der Waals surface area contributed by atoms with Crippen molar-refractivity contribution in [2.24, 2.45) is 0 Å². The topological polar surface area (TPSA) is 66.4 Å². The minimum Gasteiger partial charge on any atom is -0.480 e. The fourth-order valence-corrected chi connectivity index (χ4v) is 2.06. The SMILES string of the molecule is O=C(O)C1CC(c2cccc(C(F)(F)F)c2)C(=O)N1. The molecule has 2 N–H and O–H groups in total. The van der Waals surface area contributed by atoms with Gasteiger partial charge in [-0.05, 0) is 18.1 Å². The molecule has 1 aromatic carbocycles. The zero-order valence-electron chi connectivity index (χ0n) is 9.57. The Bertz CT molecular complexity index is 527. The number of nitrogens with one attached hydrogen (secondary N) is 1. The molecule has 1 amide bonds. The number of benzene rings is 1. The Balaban J connectivity index is 2.28. The molecular formula is C12H10F3NO3. The molecule has 2 rings (SSSR count). The minimum absolute atomic E-state index is 0.0462. The number of hydrogen-bond acceptors (Lipinski definition) is 2. The lowest BCUT2D eigenvalue weighted by atomic mass is 9.94. The summed E-state index contributed by atoms with van der Waals surface area (Å²) < 4.78 is 37.7. The lowest BCUT2D eigenvalue weighted by molar-refractivity contribution is -0.140. The van der Waals surface area contributed by atoms with Crippen molar-refractivity contribution in [3.05, 3.63) is 35.4 Å². The van der Waals surface area contributed by atoms with E-state index in [1.54, 1.807) is 0 Å². The Labute approximate surface area is 106 Å². The van der Waals surface area contributed by atoms with Crippen LogP contribution in [0.4, 0.5) is 13.2 Å². The van der Waals surface area contributed by atoms with Crippen molar-refractivity contribution < 1.29 is 27.9 Å². The number of alkyl halides is 3. The summed E-state index contributed by atoms with van der Waals surface area (Å²) in [5, 5.41) is 11.0. The molecule has 1 aliphatic heterocycles. The molecule has 4 nitrogen and oxygen atoms in total. The number of carboxylic acids is 1. The molecular weight excluding hydrogens is 263 g/mol. The highest BCUT2D eigenvalue weighted by Crippen LogP contribution is 2.33. The summed E-state index contributed by atoms with van der Waals surface area (Å²) in [5.41, 5.74) is -0.673. The lowest BCUT2D eigenvalue weighted by Crippen LogP contribution is -2.32. The molecule has 1 heterocycles. The Morgan fingerprint density at radius 2 is 2.05 bits per heavy atom. The zero-order valence-corrected chi connectivity index (χ0v) is 9.57. The van der Waals surface area contributed by atoms with E-state index in [9.17, 15) is 22.8 Å². The predicted octanol–water partition coefficient (Wildman–Crippen LogP) is 1.76. The van der Waals surface area contributed by atoms with Crippen LogP contribution < -0.4 is 5.32 Å². The van der Waals surface area contributed by atoms with Crippen LogP contribution in [-0.2, 0) is 15.8 Å². The minimum atomic E-state index is -4.49. The smallest absolute Gasteiger partial charge is 0.416 e. The standard InChI is InChI=1S/C12H10F3NO3/c13-12(14,15)7-3-1-2-6(4-7)8-5-9(11(18)19)16-10(8)17/h1-4,8-9H,5H2,(H,16,17)(H,18,19). The predicted molar refractivity (Wildman–Crippen MR) is 58.4 cm³/mol. The van der Waals surface area contributed by atoms with E-state index >= 15 is 0 Å². The normalized spacial score (nSPS) is 23.2. The first-order valence-electron chi connectivity index (χ1n) is 5.49. The van der Waals surface area contributed by atoms with Crippen LogP contribution in [0.5, 0.6) is 0 Å². The van der Waals surface area contributed by atoms with Crippen molar-refractivity contribution in [3.63, 3.8) is 0 Å². The van der Waals surface area contributed by atoms with Crippen LogP contribution in [0, 0.1) is 0 Å². The summed E-state index contributed by atoms with van der Waals surface area (Å²) in [5.74, 6) is -2.61. The zero-order chi connectivity index (χ0) is 14.2. The fraction of sp³-hybridized carbons (Fsp3) is 0.333. The van der Waals surface area contributed by atoms with Gasteiger partial charge in [-0.3, -0.25) is 4.79 Å². The third-order valence-electron chi connectivity index (χ3n) is 3.02. The van der Waals surface area contributed by atoms with Crippen molar-refractivity contribution in [1.29, 1.82) is 0 Å². The number of halogens is 3. The third kappa shape index (κ3) is 2.69. The van der Waals surface area contributed by atoms with Crippen molar-refractivity contribution in [1.82, 2.24) is 5.32 Å². The largest absolute Gasteiger partial charge is 0.480 e. The van der Waals surface area contributed by atoms with E-state index in [1.807, 2.05) is 0 Å². The number of carboxylic acid groups (broad SMARTS) is 1. The summed E-state index contributed by atoms with van der Waals surface area (Å²) >= 11 is 0. The second kappa shape index (κ2) is 4.56. The maximum atomic E-state index is 12.6. The number of carbonyl (C=O) groups is 2. The molecule has 19 heavy (non-hydrogen) atoms. The van der Waals surface area contributed by atoms with Gasteiger partial charge in [0.2, 0.25) is 5.91 Å². The van der Waals surface area contributed by atoms with Crippen LogP contribution in [-0.4, -0.2) is 23.0 Å². The van der Waals surface area contributed by atoms with Crippen molar-refractivity contribution >= 4 is 11.9 Å². The van der Waals surface area contributed by atoms with Gasteiger partial charge >= 0.3 is 12.1 Å². The molecule has 2 unspecified atom stereocenters. The van der Waals surface area contributed by atoms with Crippen LogP contribution in [0.2, 0.25) is 0 Å². The second-order valence-corrected chi connectivity index (χ2v) is 4.31. The fourth-order valence-electron chi connectivity index (χ4n) is 2.06. The van der Waals surface area contributed by atoms with Crippen molar-refractivity contribution in [2.75, 3.05) is 0 Å². The highest BCUT2D eigenvalue weighted by atomic mass is 19.4. The number of amides is 1. The van der Waals surface area contributed by atoms with Gasteiger partial charge in [-0.1, -0.05) is 18.2 Å². The Kier molecular flexibility index (Phi) is 3.21. The summed E-state index contributed by atoms with van der Waals surface area (Å²) in [4.78, 5) is 22.4. The molecule has 0 aliphatic carbocycles. The number of carbonyl (C=O) groups excluding carboxylic acids is 1. The van der Waals surface area contributed by atoms with Gasteiger partial charge < -0.3 is 10.4 Å². The Hall–Kier alpha value is -2.05. The van der Waals surface area contributed by atoms with Gasteiger partial charge in [0.25, 0.3) is 0 Å². The first-order valence-corrected chi connectivity index (χ1v) is 5.49. The van der Waals surface area contributed by atoms with Crippen molar-refractivity contribution in [3.8, 4) is 0 Å². The molecule has 0 saturated carbocycles. The average molecular weight is 273 g/mol. The Morgan fingerprint density at radius 3 is 2.58 bits per heavy atom. The molecule has 1 fully saturated rings. The van der Waals surface area contributed by atoms with E-state index in [1.165, 1.54) is 12.1 Å². The first-order chi connectivity index (χ1) is 8.79. The molecule has 7 heteroatoms. The highest BCUT2D eigenvalue weighted by Gasteiger charge is 2.38. The molecule has 1 aromatic rings. The molecule has 0 bridgehead atoms. The van der Waals surface area contributed by atoms with Gasteiger partial charge in [0.15, 0.2) is 0 Å². The number of rotatable bonds is 2. The average Bonchev–Trinajstić information content (AvgIpc) is 2.71. The Morgan fingerprint density at radius 1 is 1.37 bits per heavy atom. The highest BCUT2D eigenvalue weighted by molar-refractivity contribution is 5.92. The summed E-state index contributed by atoms with van der Waals surface area (Å²) in [7, 11) is 0. The van der Waals surface area contributed by atoms with E-state index in [4.69, 9.17) is 5.11 Å². The quantitative estimate of drug-likeness (QED) is 0.862. The summed E-state index contributed by atoms with van der Waals surface area (Å²) in [6, 6.07) is 3.34. The molecule has 2 atom stereocenters. The number of hydrogen-bond donors (Lipinski definition) is 2. The van der Waals surface area contributed by atoms with Gasteiger partial charge in [-0.15, -0.1) is 0 Å². The molecule has 0 aromatic heterocycles. The maximum Gasteiger partial charge on any atom is 0.416 e. The van der Waals surface area contributed by atoms with Gasteiger partial charge in [-0.2, -0.15) is 13.2 Å². The van der Waals surface area contributed by atoms with Gasteiger partial charge in [-0.25, -0.2) is 4.79 Å². The summed E-state index contributed by atoms with van der Waals surface area (Å²) in [6.45, 7) is 0. The summed E-state index contributed by atoms with van der Waals surface area (Å²) in [6.07, 6.45) is -4.53. The molecule has 0 spiro atoms. The second-order valence-electron chi connectivity index (χ2n) is 4.31. The van der Waals surface area contributed by atoms with Crippen LogP contribution in [0.3, 0.4) is 0 Å². The molecule has 0 radical (unpaired) electrons.